The van der Waals surface area contributed by atoms with E-state index in [2.05, 4.69) is 15.0 Å². The van der Waals surface area contributed by atoms with Crippen LogP contribution in [-0.4, -0.2) is 24.0 Å². The SMILES string of the molecule is COC(=O)c1ccc(NC(=O)c2ccc(-c3ccccc3)nc2C)s1. The second-order valence-corrected chi connectivity index (χ2v) is 6.39. The molecule has 0 bridgehead atoms. The van der Waals surface area contributed by atoms with Gasteiger partial charge in [-0.1, -0.05) is 30.3 Å². The smallest absolute Gasteiger partial charge is 0.348 e. The van der Waals surface area contributed by atoms with Gasteiger partial charge in [-0.3, -0.25) is 9.78 Å². The summed E-state index contributed by atoms with van der Waals surface area (Å²) in [5.41, 5.74) is 2.95. The molecule has 1 aromatic carbocycles. The number of aryl methyl sites for hydroxylation is 1. The molecule has 2 heterocycles. The summed E-state index contributed by atoms with van der Waals surface area (Å²) in [5.74, 6) is -0.682. The lowest BCUT2D eigenvalue weighted by molar-refractivity contribution is 0.0606. The molecule has 3 rings (SSSR count). The standard InChI is InChI=1S/C19H16N2O3S/c1-12-14(8-9-15(20-12)13-6-4-3-5-7-13)18(22)21-17-11-10-16(25-17)19(23)24-2/h3-11H,1-2H3,(H,21,22). The minimum atomic E-state index is -0.421. The highest BCUT2D eigenvalue weighted by Gasteiger charge is 2.14. The van der Waals surface area contributed by atoms with E-state index in [0.717, 1.165) is 11.3 Å². The molecule has 0 aliphatic heterocycles. The third-order valence-corrected chi connectivity index (χ3v) is 4.61. The van der Waals surface area contributed by atoms with Crippen LogP contribution in [0.3, 0.4) is 0 Å². The van der Waals surface area contributed by atoms with E-state index in [1.165, 1.54) is 18.4 Å². The van der Waals surface area contributed by atoms with E-state index in [1.54, 1.807) is 25.1 Å². The zero-order valence-corrected chi connectivity index (χ0v) is 14.6. The first-order valence-corrected chi connectivity index (χ1v) is 8.42. The Labute approximate surface area is 149 Å². The Morgan fingerprint density at radius 1 is 1.04 bits per heavy atom. The number of nitrogens with zero attached hydrogens (tertiary/aromatic N) is 1. The second kappa shape index (κ2) is 7.27. The van der Waals surface area contributed by atoms with Crippen LogP contribution in [0.5, 0.6) is 0 Å². The molecule has 1 N–H and O–H groups in total. The van der Waals surface area contributed by atoms with Crippen LogP contribution in [0.2, 0.25) is 0 Å². The number of ether oxygens (including phenoxy) is 1. The topological polar surface area (TPSA) is 68.3 Å². The number of hydrogen-bond donors (Lipinski definition) is 1. The van der Waals surface area contributed by atoms with Gasteiger partial charge in [0.15, 0.2) is 0 Å². The van der Waals surface area contributed by atoms with Gasteiger partial charge in [-0.25, -0.2) is 4.79 Å². The van der Waals surface area contributed by atoms with Crippen molar-refractivity contribution < 1.29 is 14.3 Å². The molecule has 0 saturated carbocycles. The maximum Gasteiger partial charge on any atom is 0.348 e. The van der Waals surface area contributed by atoms with Crippen LogP contribution >= 0.6 is 11.3 Å². The summed E-state index contributed by atoms with van der Waals surface area (Å²) < 4.78 is 4.66. The molecule has 0 radical (unpaired) electrons. The third-order valence-electron chi connectivity index (χ3n) is 3.63. The Kier molecular flexibility index (Phi) is 4.90. The number of carbonyl (C=O) groups excluding carboxylic acids is 2. The van der Waals surface area contributed by atoms with Crippen molar-refractivity contribution in [1.29, 1.82) is 0 Å². The number of benzene rings is 1. The van der Waals surface area contributed by atoms with E-state index < -0.39 is 5.97 Å². The van der Waals surface area contributed by atoms with Gasteiger partial charge in [-0.05, 0) is 31.2 Å². The van der Waals surface area contributed by atoms with E-state index >= 15 is 0 Å². The van der Waals surface area contributed by atoms with Gasteiger partial charge in [0.1, 0.15) is 4.88 Å². The summed E-state index contributed by atoms with van der Waals surface area (Å²) in [6, 6.07) is 16.7. The van der Waals surface area contributed by atoms with Gasteiger partial charge in [-0.15, -0.1) is 11.3 Å². The number of amides is 1. The van der Waals surface area contributed by atoms with Gasteiger partial charge in [0, 0.05) is 5.56 Å². The summed E-state index contributed by atoms with van der Waals surface area (Å²) in [7, 11) is 1.32. The zero-order chi connectivity index (χ0) is 17.8. The molecule has 5 nitrogen and oxygen atoms in total. The van der Waals surface area contributed by atoms with Gasteiger partial charge in [0.25, 0.3) is 5.91 Å². The fourth-order valence-electron chi connectivity index (χ4n) is 2.37. The molecule has 0 fully saturated rings. The average Bonchev–Trinajstić information content (AvgIpc) is 3.10. The van der Waals surface area contributed by atoms with Gasteiger partial charge < -0.3 is 10.1 Å². The molecule has 3 aromatic rings. The van der Waals surface area contributed by atoms with Crippen LogP contribution in [0, 0.1) is 6.92 Å². The number of esters is 1. The summed E-state index contributed by atoms with van der Waals surface area (Å²) in [6.07, 6.45) is 0. The Bertz CT molecular complexity index is 919. The highest BCUT2D eigenvalue weighted by Crippen LogP contribution is 2.24. The lowest BCUT2D eigenvalue weighted by Crippen LogP contribution is -2.13. The number of carbonyl (C=O) groups is 2. The first-order chi connectivity index (χ1) is 12.1. The number of rotatable bonds is 4. The average molecular weight is 352 g/mol. The molecule has 1 amide bonds. The number of nitrogens with one attached hydrogen (secondary N) is 1. The number of pyridine rings is 1. The Balaban J connectivity index is 1.78. The quantitative estimate of drug-likeness (QED) is 0.716. The fraction of sp³-hybridized carbons (Fsp3) is 0.105. The number of hydrogen-bond acceptors (Lipinski definition) is 5. The molecule has 126 valence electrons. The van der Waals surface area contributed by atoms with Crippen LogP contribution in [0.25, 0.3) is 11.3 Å². The number of anilines is 1. The van der Waals surface area contributed by atoms with E-state index in [9.17, 15) is 9.59 Å². The van der Waals surface area contributed by atoms with E-state index in [4.69, 9.17) is 0 Å². The Morgan fingerprint density at radius 3 is 2.48 bits per heavy atom. The molecule has 0 spiro atoms. The van der Waals surface area contributed by atoms with Crippen molar-refractivity contribution in [1.82, 2.24) is 4.98 Å². The third kappa shape index (κ3) is 3.75. The molecule has 25 heavy (non-hydrogen) atoms. The van der Waals surface area contributed by atoms with Crippen LogP contribution < -0.4 is 5.32 Å². The zero-order valence-electron chi connectivity index (χ0n) is 13.8. The summed E-state index contributed by atoms with van der Waals surface area (Å²) >= 11 is 1.17. The van der Waals surface area contributed by atoms with Gasteiger partial charge in [0.05, 0.1) is 29.1 Å². The summed E-state index contributed by atoms with van der Waals surface area (Å²) in [5, 5.41) is 3.37. The van der Waals surface area contributed by atoms with Crippen molar-refractivity contribution >= 4 is 28.2 Å². The maximum atomic E-state index is 12.5. The lowest BCUT2D eigenvalue weighted by Gasteiger charge is -2.08. The van der Waals surface area contributed by atoms with E-state index in [1.807, 2.05) is 36.4 Å². The molecule has 0 saturated heterocycles. The normalized spacial score (nSPS) is 10.3. The van der Waals surface area contributed by atoms with Crippen LogP contribution in [-0.2, 0) is 4.74 Å². The molecule has 0 atom stereocenters. The molecule has 0 unspecified atom stereocenters. The monoisotopic (exact) mass is 352 g/mol. The van der Waals surface area contributed by atoms with Crippen LogP contribution in [0.1, 0.15) is 25.7 Å². The number of methoxy groups -OCH3 is 1. The fourth-order valence-corrected chi connectivity index (χ4v) is 3.18. The van der Waals surface area contributed by atoms with Crippen LogP contribution in [0.4, 0.5) is 5.00 Å². The molecule has 0 aliphatic carbocycles. The van der Waals surface area contributed by atoms with Crippen molar-refractivity contribution in [2.24, 2.45) is 0 Å². The minimum Gasteiger partial charge on any atom is -0.465 e. The highest BCUT2D eigenvalue weighted by atomic mass is 32.1. The van der Waals surface area contributed by atoms with Crippen molar-refractivity contribution in [2.75, 3.05) is 12.4 Å². The first-order valence-electron chi connectivity index (χ1n) is 7.61. The Morgan fingerprint density at radius 2 is 1.80 bits per heavy atom. The van der Waals surface area contributed by atoms with Gasteiger partial charge in [-0.2, -0.15) is 0 Å². The minimum absolute atomic E-state index is 0.261. The second-order valence-electron chi connectivity index (χ2n) is 5.31. The van der Waals surface area contributed by atoms with Crippen LogP contribution in [0.15, 0.2) is 54.6 Å². The van der Waals surface area contributed by atoms with Crippen molar-refractivity contribution in [2.45, 2.75) is 6.92 Å². The highest BCUT2D eigenvalue weighted by molar-refractivity contribution is 7.18. The molecular formula is C19H16N2O3S. The van der Waals surface area contributed by atoms with Gasteiger partial charge >= 0.3 is 5.97 Å². The van der Waals surface area contributed by atoms with E-state index in [0.29, 0.717) is 21.1 Å². The predicted molar refractivity (Wildman–Crippen MR) is 98.0 cm³/mol. The van der Waals surface area contributed by atoms with E-state index in [-0.39, 0.29) is 5.91 Å². The molecule has 0 aliphatic rings. The first kappa shape index (κ1) is 16.9. The molecule has 2 aromatic heterocycles. The Hall–Kier alpha value is -2.99. The largest absolute Gasteiger partial charge is 0.465 e. The summed E-state index contributed by atoms with van der Waals surface area (Å²) in [6.45, 7) is 1.80. The summed E-state index contributed by atoms with van der Waals surface area (Å²) in [4.78, 5) is 28.9. The number of aromatic nitrogens is 1. The molecular weight excluding hydrogens is 336 g/mol. The predicted octanol–water partition coefficient (Wildman–Crippen LogP) is 4.16. The van der Waals surface area contributed by atoms with Crippen molar-refractivity contribution in [3.8, 4) is 11.3 Å². The maximum absolute atomic E-state index is 12.5. The van der Waals surface area contributed by atoms with Crippen molar-refractivity contribution in [3.63, 3.8) is 0 Å². The van der Waals surface area contributed by atoms with Gasteiger partial charge in [0.2, 0.25) is 0 Å². The number of thiophene rings is 1. The van der Waals surface area contributed by atoms with Crippen molar-refractivity contribution in [3.05, 3.63) is 70.7 Å². The lowest BCUT2D eigenvalue weighted by atomic mass is 10.1. The molecule has 6 heteroatoms.